The highest BCUT2D eigenvalue weighted by atomic mass is 32.3. The van der Waals surface area contributed by atoms with E-state index in [-0.39, 0.29) is 13.0 Å². The van der Waals surface area contributed by atoms with E-state index in [9.17, 15) is 27.0 Å². The Morgan fingerprint density at radius 2 is 2.15 bits per heavy atom. The molecule has 1 saturated heterocycles. The van der Waals surface area contributed by atoms with E-state index in [1.165, 1.54) is 4.90 Å². The van der Waals surface area contributed by atoms with Crippen LogP contribution >= 0.6 is 0 Å². The van der Waals surface area contributed by atoms with Crippen molar-refractivity contribution >= 4 is 22.1 Å². The predicted octanol–water partition coefficient (Wildman–Crippen LogP) is 1.17. The SMILES string of the molecule is CCCCC[C@@H](C(=O)O)N1CC(CS(=O)(=O)F)CC1=O. The molecule has 0 bridgehead atoms. The molecule has 116 valence electrons. The van der Waals surface area contributed by atoms with Crippen molar-refractivity contribution in [2.24, 2.45) is 5.92 Å². The maximum Gasteiger partial charge on any atom is 0.326 e. The van der Waals surface area contributed by atoms with Gasteiger partial charge in [0.2, 0.25) is 5.91 Å². The van der Waals surface area contributed by atoms with E-state index >= 15 is 0 Å². The number of carbonyl (C=O) groups excluding carboxylic acids is 1. The lowest BCUT2D eigenvalue weighted by atomic mass is 10.1. The maximum absolute atomic E-state index is 12.6. The molecule has 2 atom stereocenters. The summed E-state index contributed by atoms with van der Waals surface area (Å²) in [7, 11) is -4.65. The molecular formula is C12H20FNO5S. The minimum absolute atomic E-state index is 0.00885. The minimum Gasteiger partial charge on any atom is -0.480 e. The van der Waals surface area contributed by atoms with Gasteiger partial charge in [0.1, 0.15) is 6.04 Å². The second-order valence-electron chi connectivity index (χ2n) is 5.17. The van der Waals surface area contributed by atoms with Crippen molar-refractivity contribution in [1.82, 2.24) is 4.90 Å². The first-order chi connectivity index (χ1) is 9.24. The fraction of sp³-hybridized carbons (Fsp3) is 0.833. The van der Waals surface area contributed by atoms with E-state index in [0.717, 1.165) is 12.8 Å². The van der Waals surface area contributed by atoms with Crippen LogP contribution in [0.5, 0.6) is 0 Å². The summed E-state index contributed by atoms with van der Waals surface area (Å²) in [5, 5.41) is 9.18. The van der Waals surface area contributed by atoms with Crippen LogP contribution in [0.15, 0.2) is 0 Å². The molecule has 0 aliphatic carbocycles. The predicted molar refractivity (Wildman–Crippen MR) is 70.3 cm³/mol. The Morgan fingerprint density at radius 3 is 2.65 bits per heavy atom. The van der Waals surface area contributed by atoms with Gasteiger partial charge in [0.15, 0.2) is 0 Å². The van der Waals surface area contributed by atoms with Crippen molar-refractivity contribution in [3.8, 4) is 0 Å². The van der Waals surface area contributed by atoms with Crippen molar-refractivity contribution < 1.29 is 27.0 Å². The van der Waals surface area contributed by atoms with E-state index in [1.54, 1.807) is 0 Å². The van der Waals surface area contributed by atoms with Crippen LogP contribution in [0.3, 0.4) is 0 Å². The van der Waals surface area contributed by atoms with Crippen LogP contribution in [0, 0.1) is 5.92 Å². The van der Waals surface area contributed by atoms with Gasteiger partial charge in [-0.15, -0.1) is 3.89 Å². The van der Waals surface area contributed by atoms with Gasteiger partial charge in [-0.05, 0) is 6.42 Å². The summed E-state index contributed by atoms with van der Waals surface area (Å²) < 4.78 is 33.8. The van der Waals surface area contributed by atoms with Crippen LogP contribution in [0.25, 0.3) is 0 Å². The van der Waals surface area contributed by atoms with Crippen molar-refractivity contribution in [3.63, 3.8) is 0 Å². The van der Waals surface area contributed by atoms with Gasteiger partial charge in [-0.1, -0.05) is 26.2 Å². The van der Waals surface area contributed by atoms with Crippen LogP contribution in [-0.4, -0.2) is 48.6 Å². The van der Waals surface area contributed by atoms with Gasteiger partial charge in [-0.25, -0.2) is 4.79 Å². The number of carboxylic acid groups (broad SMARTS) is 1. The Kier molecular flexibility index (Phi) is 5.91. The Morgan fingerprint density at radius 1 is 1.50 bits per heavy atom. The molecule has 0 spiro atoms. The highest BCUT2D eigenvalue weighted by Crippen LogP contribution is 2.24. The highest BCUT2D eigenvalue weighted by Gasteiger charge is 2.38. The lowest BCUT2D eigenvalue weighted by molar-refractivity contribution is -0.148. The fourth-order valence-corrected chi connectivity index (χ4v) is 3.29. The lowest BCUT2D eigenvalue weighted by Gasteiger charge is -2.24. The zero-order valence-corrected chi connectivity index (χ0v) is 12.2. The van der Waals surface area contributed by atoms with Gasteiger partial charge in [-0.2, -0.15) is 8.42 Å². The summed E-state index contributed by atoms with van der Waals surface area (Å²) in [6, 6.07) is -0.943. The smallest absolute Gasteiger partial charge is 0.326 e. The first kappa shape index (κ1) is 16.9. The quantitative estimate of drug-likeness (QED) is 0.537. The Balaban J connectivity index is 2.67. The summed E-state index contributed by atoms with van der Waals surface area (Å²) in [5.74, 6) is -2.90. The Bertz CT molecular complexity index is 464. The van der Waals surface area contributed by atoms with Crippen LogP contribution in [-0.2, 0) is 19.8 Å². The molecule has 0 aromatic carbocycles. The number of rotatable bonds is 8. The van der Waals surface area contributed by atoms with Gasteiger partial charge in [-0.3, -0.25) is 4.79 Å². The average molecular weight is 309 g/mol. The second kappa shape index (κ2) is 7.01. The molecule has 1 unspecified atom stereocenters. The van der Waals surface area contributed by atoms with Crippen LogP contribution in [0.2, 0.25) is 0 Å². The third-order valence-electron chi connectivity index (χ3n) is 3.42. The zero-order chi connectivity index (χ0) is 15.3. The van der Waals surface area contributed by atoms with Crippen molar-refractivity contribution in [1.29, 1.82) is 0 Å². The number of hydrogen-bond donors (Lipinski definition) is 1. The third-order valence-corrected chi connectivity index (χ3v) is 4.29. The van der Waals surface area contributed by atoms with E-state index < -0.39 is 39.8 Å². The van der Waals surface area contributed by atoms with Crippen LogP contribution in [0.1, 0.15) is 39.0 Å². The number of hydrogen-bond acceptors (Lipinski definition) is 4. The molecular weight excluding hydrogens is 289 g/mol. The van der Waals surface area contributed by atoms with E-state index in [1.807, 2.05) is 6.92 Å². The number of unbranched alkanes of at least 4 members (excludes halogenated alkanes) is 2. The summed E-state index contributed by atoms with van der Waals surface area (Å²) in [4.78, 5) is 24.2. The van der Waals surface area contributed by atoms with Gasteiger partial charge < -0.3 is 10.0 Å². The number of carboxylic acids is 1. The Hall–Kier alpha value is -1.18. The highest BCUT2D eigenvalue weighted by molar-refractivity contribution is 7.86. The summed E-state index contributed by atoms with van der Waals surface area (Å²) in [6.07, 6.45) is 2.71. The van der Waals surface area contributed by atoms with Gasteiger partial charge >= 0.3 is 16.2 Å². The molecule has 0 aromatic heterocycles. The molecule has 6 nitrogen and oxygen atoms in total. The van der Waals surface area contributed by atoms with Crippen LogP contribution < -0.4 is 0 Å². The molecule has 0 saturated carbocycles. The van der Waals surface area contributed by atoms with Crippen molar-refractivity contribution in [2.45, 2.75) is 45.1 Å². The van der Waals surface area contributed by atoms with E-state index in [0.29, 0.717) is 12.8 Å². The summed E-state index contributed by atoms with van der Waals surface area (Å²) in [6.45, 7) is 1.98. The number of carbonyl (C=O) groups is 2. The normalized spacial score (nSPS) is 21.2. The number of nitrogens with zero attached hydrogens (tertiary/aromatic N) is 1. The molecule has 1 rings (SSSR count). The molecule has 1 N–H and O–H groups in total. The second-order valence-corrected chi connectivity index (χ2v) is 6.58. The number of likely N-dealkylation sites (tertiary alicyclic amines) is 1. The molecule has 1 fully saturated rings. The maximum atomic E-state index is 12.6. The van der Waals surface area contributed by atoms with E-state index in [2.05, 4.69) is 0 Å². The fourth-order valence-electron chi connectivity index (χ4n) is 2.50. The molecule has 1 amide bonds. The first-order valence-corrected chi connectivity index (χ1v) is 8.24. The minimum atomic E-state index is -4.65. The van der Waals surface area contributed by atoms with Crippen molar-refractivity contribution in [2.75, 3.05) is 12.3 Å². The number of halogens is 1. The molecule has 8 heteroatoms. The lowest BCUT2D eigenvalue weighted by Crippen LogP contribution is -2.42. The summed E-state index contributed by atoms with van der Waals surface area (Å²) >= 11 is 0. The molecule has 1 aliphatic rings. The van der Waals surface area contributed by atoms with Gasteiger partial charge in [0.25, 0.3) is 0 Å². The standard InChI is InChI=1S/C12H20FNO5S/c1-2-3-4-5-10(12(16)17)14-7-9(6-11(14)15)8-20(13,18)19/h9-10H,2-8H2,1H3,(H,16,17)/t9?,10-/m0/s1. The summed E-state index contributed by atoms with van der Waals surface area (Å²) in [5.41, 5.74) is 0. The van der Waals surface area contributed by atoms with Gasteiger partial charge in [0, 0.05) is 18.9 Å². The average Bonchev–Trinajstić information content (AvgIpc) is 2.62. The molecule has 0 aromatic rings. The largest absolute Gasteiger partial charge is 0.480 e. The first-order valence-electron chi connectivity index (χ1n) is 6.69. The van der Waals surface area contributed by atoms with E-state index in [4.69, 9.17) is 0 Å². The van der Waals surface area contributed by atoms with Crippen LogP contribution in [0.4, 0.5) is 3.89 Å². The number of amides is 1. The van der Waals surface area contributed by atoms with Gasteiger partial charge in [0.05, 0.1) is 5.75 Å². The number of aliphatic carboxylic acids is 1. The molecule has 1 heterocycles. The third kappa shape index (κ3) is 5.07. The molecule has 20 heavy (non-hydrogen) atoms. The monoisotopic (exact) mass is 309 g/mol. The topological polar surface area (TPSA) is 91.8 Å². The van der Waals surface area contributed by atoms with Crippen molar-refractivity contribution in [3.05, 3.63) is 0 Å². The Labute approximate surface area is 118 Å². The molecule has 0 radical (unpaired) electrons. The molecule has 1 aliphatic heterocycles. The zero-order valence-electron chi connectivity index (χ0n) is 11.4.